The fourth-order valence-corrected chi connectivity index (χ4v) is 4.29. The van der Waals surface area contributed by atoms with Crippen LogP contribution in [0.4, 0.5) is 13.2 Å². The summed E-state index contributed by atoms with van der Waals surface area (Å²) in [5, 5.41) is 9.99. The minimum absolute atomic E-state index is 0.339. The first-order valence-corrected chi connectivity index (χ1v) is 11.0. The van der Waals surface area contributed by atoms with Crippen LogP contribution in [0.3, 0.4) is 0 Å². The molecule has 3 aromatic rings. The van der Waals surface area contributed by atoms with Crippen molar-refractivity contribution in [3.63, 3.8) is 0 Å². The Morgan fingerprint density at radius 1 is 1.13 bits per heavy atom. The van der Waals surface area contributed by atoms with Crippen molar-refractivity contribution in [2.24, 2.45) is 0 Å². The first-order valence-electron chi connectivity index (χ1n) is 9.80. The molecule has 1 aromatic heterocycles. The van der Waals surface area contributed by atoms with Crippen LogP contribution in [0.5, 0.6) is 5.75 Å². The van der Waals surface area contributed by atoms with Gasteiger partial charge in [0.15, 0.2) is 0 Å². The molecule has 1 heterocycles. The molecule has 0 saturated carbocycles. The Hall–Kier alpha value is -2.56. The quantitative estimate of drug-likeness (QED) is 0.351. The summed E-state index contributed by atoms with van der Waals surface area (Å²) >= 11 is 7.52. The molecule has 0 unspecified atom stereocenters. The lowest BCUT2D eigenvalue weighted by Crippen LogP contribution is -2.03. The van der Waals surface area contributed by atoms with Gasteiger partial charge in [0.05, 0.1) is 28.5 Å². The Labute approximate surface area is 188 Å². The molecule has 0 spiro atoms. The zero-order chi connectivity index (χ0) is 22.4. The number of hydrogen-bond donors (Lipinski definition) is 0. The molecule has 0 radical (unpaired) electrons. The highest BCUT2D eigenvalue weighted by atomic mass is 35.5. The van der Waals surface area contributed by atoms with Crippen LogP contribution in [0.25, 0.3) is 10.6 Å². The predicted molar refractivity (Wildman–Crippen MR) is 117 cm³/mol. The first kappa shape index (κ1) is 23.1. The van der Waals surface area contributed by atoms with Gasteiger partial charge in [-0.25, -0.2) is 4.98 Å². The van der Waals surface area contributed by atoms with E-state index < -0.39 is 11.7 Å². The van der Waals surface area contributed by atoms with Gasteiger partial charge in [0.2, 0.25) is 0 Å². The second-order valence-electron chi connectivity index (χ2n) is 6.92. The number of aryl methyl sites for hydroxylation is 1. The maximum absolute atomic E-state index is 12.8. The second-order valence-corrected chi connectivity index (χ2v) is 8.41. The number of benzene rings is 2. The summed E-state index contributed by atoms with van der Waals surface area (Å²) in [6.45, 7) is 2.50. The molecule has 0 atom stereocenters. The molecule has 0 N–H and O–H groups in total. The van der Waals surface area contributed by atoms with Gasteiger partial charge in [0.25, 0.3) is 0 Å². The Morgan fingerprint density at radius 2 is 1.87 bits per heavy atom. The zero-order valence-electron chi connectivity index (χ0n) is 16.8. The highest BCUT2D eigenvalue weighted by Crippen LogP contribution is 2.33. The van der Waals surface area contributed by atoms with E-state index in [0.29, 0.717) is 39.9 Å². The van der Waals surface area contributed by atoms with Crippen LogP contribution in [-0.2, 0) is 19.0 Å². The van der Waals surface area contributed by atoms with Crippen molar-refractivity contribution in [2.45, 2.75) is 38.8 Å². The summed E-state index contributed by atoms with van der Waals surface area (Å²) in [5.41, 5.74) is 1.35. The monoisotopic (exact) mass is 464 g/mol. The van der Waals surface area contributed by atoms with E-state index in [1.807, 2.05) is 6.07 Å². The molecule has 3 rings (SSSR count). The van der Waals surface area contributed by atoms with E-state index in [1.54, 1.807) is 18.2 Å². The number of alkyl halides is 3. The lowest BCUT2D eigenvalue weighted by Gasteiger charge is -2.07. The molecule has 3 nitrogen and oxygen atoms in total. The number of hydrogen-bond acceptors (Lipinski definition) is 4. The summed E-state index contributed by atoms with van der Waals surface area (Å²) in [4.78, 5) is 5.76. The van der Waals surface area contributed by atoms with Crippen molar-refractivity contribution in [3.8, 4) is 22.4 Å². The molecule has 162 valence electrons. The third kappa shape index (κ3) is 5.99. The molecule has 2 aromatic carbocycles. The highest BCUT2D eigenvalue weighted by molar-refractivity contribution is 7.15. The molecule has 0 amide bonds. The van der Waals surface area contributed by atoms with Crippen LogP contribution in [0, 0.1) is 11.3 Å². The smallest absolute Gasteiger partial charge is 0.416 e. The fourth-order valence-electron chi connectivity index (χ4n) is 2.98. The van der Waals surface area contributed by atoms with Gasteiger partial charge in [0, 0.05) is 22.9 Å². The Kier molecular flexibility index (Phi) is 7.58. The number of aromatic nitrogens is 1. The average Bonchev–Trinajstić information content (AvgIpc) is 3.15. The normalized spacial score (nSPS) is 11.4. The number of rotatable bonds is 8. The van der Waals surface area contributed by atoms with Gasteiger partial charge in [-0.2, -0.15) is 18.4 Å². The van der Waals surface area contributed by atoms with Crippen molar-refractivity contribution < 1.29 is 17.9 Å². The molecule has 31 heavy (non-hydrogen) atoms. The van der Waals surface area contributed by atoms with Gasteiger partial charge in [-0.05, 0) is 37.1 Å². The van der Waals surface area contributed by atoms with Gasteiger partial charge in [-0.1, -0.05) is 37.1 Å². The molecule has 0 aliphatic rings. The van der Waals surface area contributed by atoms with Crippen molar-refractivity contribution in [2.75, 3.05) is 6.61 Å². The lowest BCUT2D eigenvalue weighted by atomic mass is 10.1. The van der Waals surface area contributed by atoms with Crippen LogP contribution in [0.15, 0.2) is 42.5 Å². The first-order chi connectivity index (χ1) is 14.8. The molecule has 0 saturated heterocycles. The van der Waals surface area contributed by atoms with Crippen molar-refractivity contribution in [1.29, 1.82) is 5.26 Å². The van der Waals surface area contributed by atoms with Crippen LogP contribution in [0.2, 0.25) is 5.02 Å². The van der Waals surface area contributed by atoms with Crippen molar-refractivity contribution in [3.05, 3.63) is 69.2 Å². The minimum atomic E-state index is -4.36. The van der Waals surface area contributed by atoms with E-state index >= 15 is 0 Å². The summed E-state index contributed by atoms with van der Waals surface area (Å²) in [5.74, 6) is 0.576. The van der Waals surface area contributed by atoms with Crippen molar-refractivity contribution in [1.82, 2.24) is 4.98 Å². The Morgan fingerprint density at radius 3 is 2.48 bits per heavy atom. The maximum Gasteiger partial charge on any atom is 0.416 e. The van der Waals surface area contributed by atoms with E-state index in [1.165, 1.54) is 23.5 Å². The van der Waals surface area contributed by atoms with E-state index in [2.05, 4.69) is 6.92 Å². The zero-order valence-corrected chi connectivity index (χ0v) is 18.4. The van der Waals surface area contributed by atoms with E-state index in [4.69, 9.17) is 26.6 Å². The lowest BCUT2D eigenvalue weighted by molar-refractivity contribution is -0.137. The van der Waals surface area contributed by atoms with E-state index in [9.17, 15) is 13.2 Å². The number of unbranched alkanes of at least 4 members (excludes halogenated alkanes) is 1. The molecule has 0 fully saturated rings. The summed E-state index contributed by atoms with van der Waals surface area (Å²) in [6, 6.07) is 12.0. The van der Waals surface area contributed by atoms with E-state index in [0.717, 1.165) is 42.0 Å². The summed E-state index contributed by atoms with van der Waals surface area (Å²) < 4.78 is 44.3. The van der Waals surface area contributed by atoms with Crippen molar-refractivity contribution >= 4 is 22.9 Å². The van der Waals surface area contributed by atoms with Gasteiger partial charge >= 0.3 is 6.18 Å². The third-order valence-electron chi connectivity index (χ3n) is 4.66. The predicted octanol–water partition coefficient (Wildman–Crippen LogP) is 7.32. The molecule has 8 heteroatoms. The minimum Gasteiger partial charge on any atom is -0.493 e. The maximum atomic E-state index is 12.8. The Bertz CT molecular complexity index is 1070. The van der Waals surface area contributed by atoms with Gasteiger partial charge in [-0.15, -0.1) is 11.3 Å². The fraction of sp³-hybridized carbons (Fsp3) is 0.304. The standard InChI is InChI=1S/C23H20ClF3N2OS/c1-2-3-4-20-21(11-12-30-18-10-7-16(14-28)19(24)13-18)31-22(29-20)15-5-8-17(9-6-15)23(25,26)27/h5-10,13H,2-4,11-12H2,1H3. The van der Waals surface area contributed by atoms with Gasteiger partial charge in [-0.3, -0.25) is 0 Å². The molecule has 0 aliphatic carbocycles. The number of nitrogens with zero attached hydrogens (tertiary/aromatic N) is 2. The summed E-state index contributed by atoms with van der Waals surface area (Å²) in [7, 11) is 0. The number of halogens is 4. The molecule has 0 bridgehead atoms. The van der Waals surface area contributed by atoms with E-state index in [-0.39, 0.29) is 0 Å². The largest absolute Gasteiger partial charge is 0.493 e. The molecule has 0 aliphatic heterocycles. The Balaban J connectivity index is 1.74. The van der Waals surface area contributed by atoms with Gasteiger partial charge < -0.3 is 4.74 Å². The van der Waals surface area contributed by atoms with Crippen LogP contribution < -0.4 is 4.74 Å². The third-order valence-corrected chi connectivity index (χ3v) is 6.18. The topological polar surface area (TPSA) is 45.9 Å². The van der Waals surface area contributed by atoms with Crippen LogP contribution >= 0.6 is 22.9 Å². The molecular weight excluding hydrogens is 445 g/mol. The van der Waals surface area contributed by atoms with Gasteiger partial charge in [0.1, 0.15) is 16.8 Å². The highest BCUT2D eigenvalue weighted by Gasteiger charge is 2.30. The van der Waals surface area contributed by atoms with Crippen LogP contribution in [-0.4, -0.2) is 11.6 Å². The average molecular weight is 465 g/mol. The summed E-state index contributed by atoms with van der Waals surface area (Å²) in [6.07, 6.45) is -0.923. The second kappa shape index (κ2) is 10.2. The van der Waals surface area contributed by atoms with Crippen LogP contribution in [0.1, 0.15) is 41.5 Å². The number of thiazole rings is 1. The number of ether oxygens (including phenoxy) is 1. The molecular formula is C23H20ClF3N2OS. The number of nitriles is 1. The SMILES string of the molecule is CCCCc1nc(-c2ccc(C(F)(F)F)cc2)sc1CCOc1ccc(C#N)c(Cl)c1.